The maximum atomic E-state index is 11.6. The molecule has 0 bridgehead atoms. The molecule has 0 aromatic rings. The van der Waals surface area contributed by atoms with Crippen LogP contribution in [-0.4, -0.2) is 37.4 Å². The molecule has 2 atom stereocenters. The molecule has 0 aliphatic heterocycles. The first-order chi connectivity index (χ1) is 11.8. The number of aliphatic hydroxyl groups is 2. The van der Waals surface area contributed by atoms with Gasteiger partial charge in [-0.1, -0.05) is 46.6 Å². The molecule has 3 N–H and O–H groups in total. The summed E-state index contributed by atoms with van der Waals surface area (Å²) >= 11 is -1.89. The molecule has 0 aliphatic rings. The van der Waals surface area contributed by atoms with Crippen LogP contribution in [0.5, 0.6) is 0 Å². The normalized spacial score (nSPS) is 16.9. The minimum absolute atomic E-state index is 0.0726. The van der Waals surface area contributed by atoms with Crippen LogP contribution in [0.3, 0.4) is 0 Å². The number of aliphatic hydroxyl groups excluding tert-OH is 2. The van der Waals surface area contributed by atoms with Crippen molar-refractivity contribution in [2.75, 3.05) is 13.2 Å². The highest BCUT2D eigenvalue weighted by molar-refractivity contribution is 7.80. The molecule has 5 heteroatoms. The molecule has 0 spiro atoms. The lowest BCUT2D eigenvalue weighted by atomic mass is 10.1. The summed E-state index contributed by atoms with van der Waals surface area (Å²) in [6.07, 6.45) is 11.9. The van der Waals surface area contributed by atoms with Crippen molar-refractivity contribution in [1.82, 2.24) is 0 Å². The Bertz CT molecular complexity index is 530. The molecule has 0 amide bonds. The smallest absolute Gasteiger partial charge is 0.160 e. The molecule has 0 heterocycles. The molecule has 144 valence electrons. The van der Waals surface area contributed by atoms with Gasteiger partial charge in [-0.3, -0.25) is 0 Å². The molecule has 0 aromatic heterocycles. The Hall–Kier alpha value is -1.01. The molecule has 0 aromatic carbocycles. The Morgan fingerprint density at radius 1 is 0.840 bits per heavy atom. The van der Waals surface area contributed by atoms with Gasteiger partial charge in [0, 0.05) is 0 Å². The van der Waals surface area contributed by atoms with Gasteiger partial charge >= 0.3 is 0 Å². The highest BCUT2D eigenvalue weighted by Crippen LogP contribution is 2.15. The van der Waals surface area contributed by atoms with Gasteiger partial charge in [-0.25, -0.2) is 4.21 Å². The van der Waals surface area contributed by atoms with Crippen LogP contribution in [0.2, 0.25) is 0 Å². The minimum atomic E-state index is -1.89. The van der Waals surface area contributed by atoms with Crippen LogP contribution in [0.15, 0.2) is 46.6 Å². The Kier molecular flexibility index (Phi) is 13.6. The maximum absolute atomic E-state index is 11.6. The van der Waals surface area contributed by atoms with Crippen molar-refractivity contribution in [3.63, 3.8) is 0 Å². The van der Waals surface area contributed by atoms with Gasteiger partial charge in [-0.05, 0) is 59.8 Å². The summed E-state index contributed by atoms with van der Waals surface area (Å²) in [5, 5.41) is 17.5. The molecular formula is C20H34O4S. The zero-order chi connectivity index (χ0) is 19.2. The zero-order valence-electron chi connectivity index (χ0n) is 16.0. The monoisotopic (exact) mass is 370 g/mol. The zero-order valence-corrected chi connectivity index (χ0v) is 16.8. The van der Waals surface area contributed by atoms with Crippen molar-refractivity contribution in [2.45, 2.75) is 65.0 Å². The van der Waals surface area contributed by atoms with Crippen LogP contribution in [0.25, 0.3) is 0 Å². The highest BCUT2D eigenvalue weighted by Gasteiger charge is 2.11. The maximum Gasteiger partial charge on any atom is 0.160 e. The fourth-order valence-corrected chi connectivity index (χ4v) is 2.86. The topological polar surface area (TPSA) is 77.8 Å². The fraction of sp³-hybridized carbons (Fsp3) is 0.600. The van der Waals surface area contributed by atoms with E-state index in [2.05, 4.69) is 0 Å². The van der Waals surface area contributed by atoms with Crippen molar-refractivity contribution in [1.29, 1.82) is 0 Å². The lowest BCUT2D eigenvalue weighted by molar-refractivity contribution is 0.330. The van der Waals surface area contributed by atoms with E-state index in [1.54, 1.807) is 0 Å². The van der Waals surface area contributed by atoms with Crippen LogP contribution in [0, 0.1) is 0 Å². The van der Waals surface area contributed by atoms with Gasteiger partial charge in [-0.15, -0.1) is 0 Å². The van der Waals surface area contributed by atoms with Gasteiger partial charge in [0.15, 0.2) is 11.1 Å². The Morgan fingerprint density at radius 2 is 1.32 bits per heavy atom. The quantitative estimate of drug-likeness (QED) is 0.354. The minimum Gasteiger partial charge on any atom is -0.392 e. The van der Waals surface area contributed by atoms with Gasteiger partial charge in [0.05, 0.1) is 18.5 Å². The first kappa shape index (κ1) is 24.0. The molecule has 0 aliphatic carbocycles. The molecule has 25 heavy (non-hydrogen) atoms. The second kappa shape index (κ2) is 14.2. The number of allylic oxidation sites excluding steroid dienone is 5. The van der Waals surface area contributed by atoms with Crippen molar-refractivity contribution >= 4 is 11.1 Å². The van der Waals surface area contributed by atoms with Crippen LogP contribution >= 0.6 is 0 Å². The molecule has 0 fully saturated rings. The van der Waals surface area contributed by atoms with Crippen LogP contribution in [0.4, 0.5) is 0 Å². The highest BCUT2D eigenvalue weighted by atomic mass is 32.2. The second-order valence-electron chi connectivity index (χ2n) is 6.61. The van der Waals surface area contributed by atoms with Crippen molar-refractivity contribution in [3.8, 4) is 0 Å². The summed E-state index contributed by atoms with van der Waals surface area (Å²) in [4.78, 5) is 0. The van der Waals surface area contributed by atoms with Crippen molar-refractivity contribution < 1.29 is 19.0 Å². The Morgan fingerprint density at radius 3 is 1.76 bits per heavy atom. The third-order valence-electron chi connectivity index (χ3n) is 3.99. The molecule has 0 rings (SSSR count). The molecule has 4 nitrogen and oxygen atoms in total. The first-order valence-electron chi connectivity index (χ1n) is 8.75. The molecule has 0 radical (unpaired) electrons. The summed E-state index contributed by atoms with van der Waals surface area (Å²) in [6, 6.07) is 0. The van der Waals surface area contributed by atoms with E-state index in [-0.39, 0.29) is 13.2 Å². The third-order valence-corrected chi connectivity index (χ3v) is 4.84. The molecule has 2 unspecified atom stereocenters. The summed E-state index contributed by atoms with van der Waals surface area (Å²) < 4.78 is 21.1. The number of rotatable bonds is 12. The van der Waals surface area contributed by atoms with Crippen LogP contribution < -0.4 is 0 Å². The summed E-state index contributed by atoms with van der Waals surface area (Å²) in [5.41, 5.74) is 4.18. The van der Waals surface area contributed by atoms with Gasteiger partial charge in [-0.2, -0.15) is 0 Å². The van der Waals surface area contributed by atoms with Gasteiger partial charge < -0.3 is 14.8 Å². The predicted molar refractivity (Wildman–Crippen MR) is 107 cm³/mol. The van der Waals surface area contributed by atoms with E-state index in [4.69, 9.17) is 10.2 Å². The first-order valence-corrected chi connectivity index (χ1v) is 9.92. The Balaban J connectivity index is 4.61. The number of hydrogen-bond acceptors (Lipinski definition) is 3. The van der Waals surface area contributed by atoms with Crippen molar-refractivity contribution in [3.05, 3.63) is 46.6 Å². The van der Waals surface area contributed by atoms with E-state index >= 15 is 0 Å². The fourth-order valence-electron chi connectivity index (χ4n) is 2.25. The van der Waals surface area contributed by atoms with E-state index in [9.17, 15) is 8.76 Å². The SMILES string of the molecule is CC(=CCCC(C)=CCC(C=C(C)CCC=C(C)CO)S(=O)O)CO. The van der Waals surface area contributed by atoms with E-state index in [1.165, 1.54) is 5.57 Å². The lowest BCUT2D eigenvalue weighted by Crippen LogP contribution is -2.11. The molecule has 0 saturated heterocycles. The summed E-state index contributed by atoms with van der Waals surface area (Å²) in [5.74, 6) is 0. The van der Waals surface area contributed by atoms with E-state index in [0.717, 1.165) is 42.4 Å². The third kappa shape index (κ3) is 12.9. The summed E-state index contributed by atoms with van der Waals surface area (Å²) in [7, 11) is 0. The largest absolute Gasteiger partial charge is 0.392 e. The average molecular weight is 371 g/mol. The van der Waals surface area contributed by atoms with E-state index in [1.807, 2.05) is 52.0 Å². The lowest BCUT2D eigenvalue weighted by Gasteiger charge is -2.09. The van der Waals surface area contributed by atoms with Crippen LogP contribution in [0.1, 0.15) is 59.8 Å². The van der Waals surface area contributed by atoms with Crippen LogP contribution in [-0.2, 0) is 11.1 Å². The van der Waals surface area contributed by atoms with E-state index in [0.29, 0.717) is 6.42 Å². The standard InChI is InChI=1S/C20H34O4S/c1-16(7-5-9-18(3)14-21)11-12-20(25(23)24)13-17(2)8-6-10-19(4)15-22/h9-11,13,20-22H,5-8,12,14-15H2,1-4H3,(H,23,24). The predicted octanol–water partition coefficient (Wildman–Crippen LogP) is 4.30. The van der Waals surface area contributed by atoms with Crippen molar-refractivity contribution in [2.24, 2.45) is 0 Å². The van der Waals surface area contributed by atoms with E-state index < -0.39 is 16.3 Å². The molecule has 0 saturated carbocycles. The average Bonchev–Trinajstić information content (AvgIpc) is 2.57. The summed E-state index contributed by atoms with van der Waals surface area (Å²) in [6.45, 7) is 7.94. The Labute approximate surface area is 155 Å². The van der Waals surface area contributed by atoms with Gasteiger partial charge in [0.25, 0.3) is 0 Å². The number of hydrogen-bond donors (Lipinski definition) is 3. The van der Waals surface area contributed by atoms with Gasteiger partial charge in [0.2, 0.25) is 0 Å². The van der Waals surface area contributed by atoms with Gasteiger partial charge in [0.1, 0.15) is 0 Å². The second-order valence-corrected chi connectivity index (χ2v) is 7.77. The molecular weight excluding hydrogens is 336 g/mol.